The van der Waals surface area contributed by atoms with Crippen molar-refractivity contribution in [3.63, 3.8) is 0 Å². The summed E-state index contributed by atoms with van der Waals surface area (Å²) in [6.07, 6.45) is 1.43. The van der Waals surface area contributed by atoms with Gasteiger partial charge in [0.05, 0.1) is 0 Å². The minimum atomic E-state index is -0.440. The van der Waals surface area contributed by atoms with Gasteiger partial charge in [0.1, 0.15) is 11.6 Å². The lowest BCUT2D eigenvalue weighted by Crippen LogP contribution is -2.15. The molecule has 3 aromatic rings. The molecule has 4 heteroatoms. The lowest BCUT2D eigenvalue weighted by molar-refractivity contribution is -0.112. The van der Waals surface area contributed by atoms with Crippen LogP contribution in [0.2, 0.25) is 0 Å². The average molecular weight is 327 g/mol. The maximum atomic E-state index is 12.3. The van der Waals surface area contributed by atoms with E-state index in [0.717, 1.165) is 22.0 Å². The summed E-state index contributed by atoms with van der Waals surface area (Å²) in [5.41, 5.74) is 2.46. The Hall–Kier alpha value is -3.58. The Morgan fingerprint density at radius 2 is 1.72 bits per heavy atom. The normalized spacial score (nSPS) is 11.0. The number of aryl methyl sites for hydroxylation is 1. The number of rotatable bonds is 4. The zero-order valence-electron chi connectivity index (χ0n) is 13.8. The van der Waals surface area contributed by atoms with Crippen LogP contribution >= 0.6 is 0 Å². The zero-order valence-corrected chi connectivity index (χ0v) is 13.8. The molecule has 0 radical (unpaired) electrons. The molecule has 25 heavy (non-hydrogen) atoms. The van der Waals surface area contributed by atoms with Gasteiger partial charge in [0.25, 0.3) is 5.91 Å². The molecular formula is C21H17N3O. The molecule has 122 valence electrons. The first kappa shape index (κ1) is 16.3. The molecule has 0 saturated heterocycles. The third-order valence-corrected chi connectivity index (χ3v) is 3.89. The maximum Gasteiger partial charge on any atom is 0.267 e. The number of anilines is 2. The van der Waals surface area contributed by atoms with Crippen LogP contribution in [0.15, 0.2) is 78.5 Å². The minimum Gasteiger partial charge on any atom is -0.360 e. The van der Waals surface area contributed by atoms with Gasteiger partial charge in [-0.3, -0.25) is 4.79 Å². The summed E-state index contributed by atoms with van der Waals surface area (Å²) in [7, 11) is 0. The molecule has 0 aromatic heterocycles. The van der Waals surface area contributed by atoms with Crippen LogP contribution < -0.4 is 10.6 Å². The first-order valence-corrected chi connectivity index (χ1v) is 7.90. The van der Waals surface area contributed by atoms with Crippen LogP contribution in [0.4, 0.5) is 11.4 Å². The van der Waals surface area contributed by atoms with E-state index in [9.17, 15) is 10.1 Å². The SMILES string of the molecule is Cc1ccccc1NC(=O)/C(C#N)=C\Nc1ccc2ccccc2c1. The summed E-state index contributed by atoms with van der Waals surface area (Å²) in [6, 6.07) is 23.3. The standard InChI is InChI=1S/C21H17N3O/c1-15-6-2-5-9-20(15)24-21(25)18(13-22)14-23-19-11-10-16-7-3-4-8-17(16)12-19/h2-12,14,23H,1H3,(H,24,25)/b18-14-. The van der Waals surface area contributed by atoms with Crippen LogP contribution in [0, 0.1) is 18.3 Å². The largest absolute Gasteiger partial charge is 0.360 e. The van der Waals surface area contributed by atoms with Crippen LogP contribution in [0.5, 0.6) is 0 Å². The molecule has 0 spiro atoms. The van der Waals surface area contributed by atoms with E-state index >= 15 is 0 Å². The first-order chi connectivity index (χ1) is 12.2. The Morgan fingerprint density at radius 1 is 1.00 bits per heavy atom. The van der Waals surface area contributed by atoms with Crippen molar-refractivity contribution in [2.45, 2.75) is 6.92 Å². The zero-order chi connectivity index (χ0) is 17.6. The van der Waals surface area contributed by atoms with E-state index in [4.69, 9.17) is 0 Å². The topological polar surface area (TPSA) is 64.9 Å². The number of carbonyl (C=O) groups excluding carboxylic acids is 1. The molecule has 0 atom stereocenters. The molecule has 0 saturated carbocycles. The van der Waals surface area contributed by atoms with Gasteiger partial charge in [-0.25, -0.2) is 0 Å². The summed E-state index contributed by atoms with van der Waals surface area (Å²) in [6.45, 7) is 1.90. The van der Waals surface area contributed by atoms with Gasteiger partial charge in [0, 0.05) is 17.6 Å². The third-order valence-electron chi connectivity index (χ3n) is 3.89. The van der Waals surface area contributed by atoms with Crippen LogP contribution in [0.1, 0.15) is 5.56 Å². The lowest BCUT2D eigenvalue weighted by Gasteiger charge is -2.08. The fraction of sp³-hybridized carbons (Fsp3) is 0.0476. The van der Waals surface area contributed by atoms with Crippen LogP contribution in [0.3, 0.4) is 0 Å². The molecule has 0 aliphatic heterocycles. The number of carbonyl (C=O) groups is 1. The van der Waals surface area contributed by atoms with Crippen molar-refractivity contribution in [1.82, 2.24) is 0 Å². The number of para-hydroxylation sites is 1. The highest BCUT2D eigenvalue weighted by Crippen LogP contribution is 2.19. The van der Waals surface area contributed by atoms with E-state index in [1.54, 1.807) is 6.07 Å². The van der Waals surface area contributed by atoms with Gasteiger partial charge in [0.2, 0.25) is 0 Å². The van der Waals surface area contributed by atoms with Gasteiger partial charge < -0.3 is 10.6 Å². The Balaban J connectivity index is 1.76. The van der Waals surface area contributed by atoms with Gasteiger partial charge in [-0.05, 0) is 41.5 Å². The van der Waals surface area contributed by atoms with E-state index in [0.29, 0.717) is 5.69 Å². The monoisotopic (exact) mass is 327 g/mol. The molecule has 3 rings (SSSR count). The molecular weight excluding hydrogens is 310 g/mol. The molecule has 1 amide bonds. The van der Waals surface area contributed by atoms with E-state index < -0.39 is 5.91 Å². The molecule has 3 aromatic carbocycles. The lowest BCUT2D eigenvalue weighted by atomic mass is 10.1. The summed E-state index contributed by atoms with van der Waals surface area (Å²) >= 11 is 0. The second-order valence-corrected chi connectivity index (χ2v) is 5.65. The van der Waals surface area contributed by atoms with Crippen molar-refractivity contribution in [2.24, 2.45) is 0 Å². The molecule has 0 heterocycles. The fourth-order valence-electron chi connectivity index (χ4n) is 2.49. The van der Waals surface area contributed by atoms with Gasteiger partial charge >= 0.3 is 0 Å². The van der Waals surface area contributed by atoms with Crippen molar-refractivity contribution in [1.29, 1.82) is 5.26 Å². The van der Waals surface area contributed by atoms with E-state index in [1.165, 1.54) is 6.20 Å². The van der Waals surface area contributed by atoms with Crippen LogP contribution in [-0.4, -0.2) is 5.91 Å². The van der Waals surface area contributed by atoms with Crippen molar-refractivity contribution in [2.75, 3.05) is 10.6 Å². The van der Waals surface area contributed by atoms with Crippen LogP contribution in [-0.2, 0) is 4.79 Å². The summed E-state index contributed by atoms with van der Waals surface area (Å²) in [5, 5.41) is 17.3. The number of amides is 1. The maximum absolute atomic E-state index is 12.3. The molecule has 0 unspecified atom stereocenters. The van der Waals surface area contributed by atoms with Gasteiger partial charge in [-0.2, -0.15) is 5.26 Å². The Morgan fingerprint density at radius 3 is 2.48 bits per heavy atom. The Bertz CT molecular complexity index is 999. The van der Waals surface area contributed by atoms with E-state index in [2.05, 4.69) is 10.6 Å². The average Bonchev–Trinajstić information content (AvgIpc) is 2.64. The Kier molecular flexibility index (Phi) is 4.77. The number of fused-ring (bicyclic) bond motifs is 1. The quantitative estimate of drug-likeness (QED) is 0.543. The van der Waals surface area contributed by atoms with Gasteiger partial charge in [-0.15, -0.1) is 0 Å². The van der Waals surface area contributed by atoms with Crippen molar-refractivity contribution in [3.8, 4) is 6.07 Å². The highest BCUT2D eigenvalue weighted by molar-refractivity contribution is 6.07. The first-order valence-electron chi connectivity index (χ1n) is 7.90. The highest BCUT2D eigenvalue weighted by Gasteiger charge is 2.10. The number of nitriles is 1. The van der Waals surface area contributed by atoms with E-state index in [-0.39, 0.29) is 5.57 Å². The fourth-order valence-corrected chi connectivity index (χ4v) is 2.49. The molecule has 2 N–H and O–H groups in total. The number of hydrogen-bond donors (Lipinski definition) is 2. The molecule has 0 aliphatic rings. The predicted octanol–water partition coefficient (Wildman–Crippen LogP) is 4.61. The van der Waals surface area contributed by atoms with E-state index in [1.807, 2.05) is 73.7 Å². The predicted molar refractivity (Wildman–Crippen MR) is 101 cm³/mol. The van der Waals surface area contributed by atoms with Crippen LogP contribution in [0.25, 0.3) is 10.8 Å². The molecule has 0 fully saturated rings. The molecule has 0 bridgehead atoms. The number of hydrogen-bond acceptors (Lipinski definition) is 3. The van der Waals surface area contributed by atoms with Crippen molar-refractivity contribution >= 4 is 28.1 Å². The van der Waals surface area contributed by atoms with Crippen molar-refractivity contribution < 1.29 is 4.79 Å². The summed E-state index contributed by atoms with van der Waals surface area (Å²) < 4.78 is 0. The van der Waals surface area contributed by atoms with Gasteiger partial charge in [0.15, 0.2) is 0 Å². The minimum absolute atomic E-state index is 0.0106. The second kappa shape index (κ2) is 7.33. The summed E-state index contributed by atoms with van der Waals surface area (Å²) in [5.74, 6) is -0.440. The summed E-state index contributed by atoms with van der Waals surface area (Å²) in [4.78, 5) is 12.3. The number of benzene rings is 3. The molecule has 4 nitrogen and oxygen atoms in total. The van der Waals surface area contributed by atoms with Crippen molar-refractivity contribution in [3.05, 3.63) is 84.1 Å². The second-order valence-electron chi connectivity index (χ2n) is 5.65. The highest BCUT2D eigenvalue weighted by atomic mass is 16.1. The molecule has 0 aliphatic carbocycles. The number of nitrogens with zero attached hydrogens (tertiary/aromatic N) is 1. The smallest absolute Gasteiger partial charge is 0.267 e. The third kappa shape index (κ3) is 3.85. The Labute approximate surface area is 146 Å². The van der Waals surface area contributed by atoms with Gasteiger partial charge in [-0.1, -0.05) is 48.5 Å². The number of nitrogens with one attached hydrogen (secondary N) is 2.